The van der Waals surface area contributed by atoms with Gasteiger partial charge in [-0.25, -0.2) is 0 Å². The summed E-state index contributed by atoms with van der Waals surface area (Å²) in [5.41, 5.74) is 2.72. The highest BCUT2D eigenvalue weighted by atomic mass is 15.3. The van der Waals surface area contributed by atoms with Crippen molar-refractivity contribution >= 4 is 0 Å². The Hall–Kier alpha value is -1.68. The maximum absolute atomic E-state index is 3.63. The minimum atomic E-state index is 0.326. The van der Waals surface area contributed by atoms with E-state index in [1.807, 2.05) is 0 Å². The quantitative estimate of drug-likeness (QED) is 0.791. The third-order valence-electron chi connectivity index (χ3n) is 3.66. The standard InChI is InChI=1S/C17H21N3/c1-3-7-14(8-4-1)11-16-18-13-19-17(20-16)12-15-9-5-2-6-10-15/h1-10,16-20H,11-13H2. The Balaban J connectivity index is 1.57. The molecule has 0 bridgehead atoms. The Morgan fingerprint density at radius 1 is 0.700 bits per heavy atom. The van der Waals surface area contributed by atoms with Gasteiger partial charge in [0.05, 0.1) is 12.3 Å². The molecule has 2 atom stereocenters. The van der Waals surface area contributed by atoms with Gasteiger partial charge in [0.1, 0.15) is 0 Å². The van der Waals surface area contributed by atoms with Crippen molar-refractivity contribution < 1.29 is 0 Å². The number of hydrogen-bond acceptors (Lipinski definition) is 3. The Labute approximate surface area is 120 Å². The lowest BCUT2D eigenvalue weighted by molar-refractivity contribution is 0.258. The van der Waals surface area contributed by atoms with E-state index in [1.54, 1.807) is 0 Å². The van der Waals surface area contributed by atoms with Gasteiger partial charge in [-0.2, -0.15) is 0 Å². The lowest BCUT2D eigenvalue weighted by Crippen LogP contribution is -2.63. The third-order valence-corrected chi connectivity index (χ3v) is 3.66. The molecule has 20 heavy (non-hydrogen) atoms. The van der Waals surface area contributed by atoms with Crippen molar-refractivity contribution in [3.63, 3.8) is 0 Å². The smallest absolute Gasteiger partial charge is 0.0634 e. The lowest BCUT2D eigenvalue weighted by atomic mass is 10.1. The summed E-state index contributed by atoms with van der Waals surface area (Å²) in [6, 6.07) is 21.2. The Bertz CT molecular complexity index is 465. The summed E-state index contributed by atoms with van der Waals surface area (Å²) in [5, 5.41) is 10.6. The highest BCUT2D eigenvalue weighted by molar-refractivity contribution is 5.17. The first-order valence-corrected chi connectivity index (χ1v) is 7.21. The molecule has 1 heterocycles. The van der Waals surface area contributed by atoms with Crippen LogP contribution in [0.2, 0.25) is 0 Å². The molecule has 3 nitrogen and oxygen atoms in total. The average molecular weight is 267 g/mol. The highest BCUT2D eigenvalue weighted by Crippen LogP contribution is 2.06. The summed E-state index contributed by atoms with van der Waals surface area (Å²) in [4.78, 5) is 0. The Morgan fingerprint density at radius 2 is 1.15 bits per heavy atom. The lowest BCUT2D eigenvalue weighted by Gasteiger charge is -2.33. The highest BCUT2D eigenvalue weighted by Gasteiger charge is 2.19. The first kappa shape index (κ1) is 13.3. The van der Waals surface area contributed by atoms with E-state index in [1.165, 1.54) is 11.1 Å². The summed E-state index contributed by atoms with van der Waals surface area (Å²) >= 11 is 0. The van der Waals surface area contributed by atoms with Gasteiger partial charge in [0.15, 0.2) is 0 Å². The van der Waals surface area contributed by atoms with Gasteiger partial charge in [0.2, 0.25) is 0 Å². The molecule has 2 aromatic rings. The Morgan fingerprint density at radius 3 is 1.60 bits per heavy atom. The van der Waals surface area contributed by atoms with Crippen molar-refractivity contribution in [2.75, 3.05) is 6.67 Å². The molecule has 1 aliphatic rings. The van der Waals surface area contributed by atoms with Crippen LogP contribution in [0, 0.1) is 0 Å². The fourth-order valence-electron chi connectivity index (χ4n) is 2.63. The van der Waals surface area contributed by atoms with Crippen molar-refractivity contribution in [2.24, 2.45) is 0 Å². The van der Waals surface area contributed by atoms with E-state index in [4.69, 9.17) is 0 Å². The minimum Gasteiger partial charge on any atom is -0.289 e. The van der Waals surface area contributed by atoms with Gasteiger partial charge in [0.25, 0.3) is 0 Å². The number of hydrogen-bond donors (Lipinski definition) is 3. The van der Waals surface area contributed by atoms with Gasteiger partial charge in [-0.15, -0.1) is 0 Å². The van der Waals surface area contributed by atoms with Crippen LogP contribution in [0.25, 0.3) is 0 Å². The van der Waals surface area contributed by atoms with Crippen LogP contribution in [-0.4, -0.2) is 19.0 Å². The van der Waals surface area contributed by atoms with Crippen LogP contribution in [0.5, 0.6) is 0 Å². The van der Waals surface area contributed by atoms with Crippen molar-refractivity contribution in [1.82, 2.24) is 16.0 Å². The topological polar surface area (TPSA) is 36.1 Å². The van der Waals surface area contributed by atoms with Crippen LogP contribution >= 0.6 is 0 Å². The summed E-state index contributed by atoms with van der Waals surface area (Å²) in [7, 11) is 0. The zero-order chi connectivity index (χ0) is 13.6. The van der Waals surface area contributed by atoms with Crippen molar-refractivity contribution in [3.8, 4) is 0 Å². The molecule has 0 radical (unpaired) electrons. The van der Waals surface area contributed by atoms with Crippen LogP contribution in [0.4, 0.5) is 0 Å². The van der Waals surface area contributed by atoms with Crippen LogP contribution < -0.4 is 16.0 Å². The monoisotopic (exact) mass is 267 g/mol. The second-order valence-electron chi connectivity index (χ2n) is 5.24. The zero-order valence-corrected chi connectivity index (χ0v) is 11.5. The van der Waals surface area contributed by atoms with Gasteiger partial charge in [-0.1, -0.05) is 60.7 Å². The van der Waals surface area contributed by atoms with Crippen LogP contribution in [0.3, 0.4) is 0 Å². The molecule has 3 rings (SSSR count). The maximum Gasteiger partial charge on any atom is 0.0634 e. The second-order valence-corrected chi connectivity index (χ2v) is 5.24. The van der Waals surface area contributed by atoms with Crippen LogP contribution in [-0.2, 0) is 12.8 Å². The number of rotatable bonds is 4. The molecule has 104 valence electrons. The van der Waals surface area contributed by atoms with E-state index >= 15 is 0 Å². The van der Waals surface area contributed by atoms with E-state index in [2.05, 4.69) is 76.6 Å². The predicted octanol–water partition coefficient (Wildman–Crippen LogP) is 1.86. The van der Waals surface area contributed by atoms with Gasteiger partial charge >= 0.3 is 0 Å². The summed E-state index contributed by atoms with van der Waals surface area (Å²) in [6.45, 7) is 0.849. The van der Waals surface area contributed by atoms with Crippen molar-refractivity contribution in [3.05, 3.63) is 71.8 Å². The van der Waals surface area contributed by atoms with Crippen molar-refractivity contribution in [2.45, 2.75) is 25.2 Å². The molecule has 1 fully saturated rings. The fraction of sp³-hybridized carbons (Fsp3) is 0.294. The van der Waals surface area contributed by atoms with E-state index in [-0.39, 0.29) is 0 Å². The second kappa shape index (κ2) is 6.66. The van der Waals surface area contributed by atoms with Gasteiger partial charge in [-0.3, -0.25) is 16.0 Å². The number of nitrogens with one attached hydrogen (secondary N) is 3. The molecule has 0 saturated carbocycles. The van der Waals surface area contributed by atoms with E-state index in [9.17, 15) is 0 Å². The molecule has 2 aromatic carbocycles. The van der Waals surface area contributed by atoms with Gasteiger partial charge in [-0.05, 0) is 11.1 Å². The van der Waals surface area contributed by atoms with E-state index in [0.29, 0.717) is 12.3 Å². The predicted molar refractivity (Wildman–Crippen MR) is 82.1 cm³/mol. The first-order valence-electron chi connectivity index (χ1n) is 7.21. The average Bonchev–Trinajstić information content (AvgIpc) is 2.50. The SMILES string of the molecule is c1ccc(CC2NCNC(Cc3ccccc3)N2)cc1. The molecule has 1 aliphatic heterocycles. The Kier molecular flexibility index (Phi) is 4.43. The first-order chi connectivity index (χ1) is 9.90. The van der Waals surface area contributed by atoms with E-state index < -0.39 is 0 Å². The summed E-state index contributed by atoms with van der Waals surface area (Å²) in [6.07, 6.45) is 2.67. The zero-order valence-electron chi connectivity index (χ0n) is 11.5. The third kappa shape index (κ3) is 3.67. The molecule has 2 unspecified atom stereocenters. The number of benzene rings is 2. The molecule has 1 saturated heterocycles. The van der Waals surface area contributed by atoms with Gasteiger partial charge < -0.3 is 0 Å². The maximum atomic E-state index is 3.63. The fourth-order valence-corrected chi connectivity index (χ4v) is 2.63. The van der Waals surface area contributed by atoms with E-state index in [0.717, 1.165) is 19.5 Å². The molecule has 0 aromatic heterocycles. The normalized spacial score (nSPS) is 22.6. The van der Waals surface area contributed by atoms with Crippen LogP contribution in [0.15, 0.2) is 60.7 Å². The molecule has 3 heteroatoms. The molecule has 3 N–H and O–H groups in total. The summed E-state index contributed by atoms with van der Waals surface area (Å²) < 4.78 is 0. The molecular formula is C17H21N3. The molecular weight excluding hydrogens is 246 g/mol. The van der Waals surface area contributed by atoms with Crippen molar-refractivity contribution in [1.29, 1.82) is 0 Å². The molecule has 0 amide bonds. The summed E-state index contributed by atoms with van der Waals surface area (Å²) in [5.74, 6) is 0. The minimum absolute atomic E-state index is 0.326. The van der Waals surface area contributed by atoms with Gasteiger partial charge in [0, 0.05) is 19.5 Å². The molecule has 0 spiro atoms. The largest absolute Gasteiger partial charge is 0.289 e. The molecule has 0 aliphatic carbocycles. The van der Waals surface area contributed by atoms with Crippen LogP contribution in [0.1, 0.15) is 11.1 Å².